The Bertz CT molecular complexity index is 90.8. The Morgan fingerprint density at radius 3 is 1.00 bits per heavy atom. The number of hydrogen-bond acceptors (Lipinski definition) is 8. The van der Waals surface area contributed by atoms with Gasteiger partial charge in [-0.2, -0.15) is 0 Å². The standard InChI is InChI=1S/Co.2NO2.4H3N/c;2*2-1-3;;;;/h;;;4*1H3. The summed E-state index contributed by atoms with van der Waals surface area (Å²) in [6.07, 6.45) is 0. The molecular formula is H12CoN6O4. The fourth-order valence-corrected chi connectivity index (χ4v) is 0.183. The van der Waals surface area contributed by atoms with Gasteiger partial charge in [0.1, 0.15) is 0 Å². The van der Waals surface area contributed by atoms with E-state index in [0.717, 1.165) is 0 Å². The van der Waals surface area contributed by atoms with Crippen LogP contribution in [-0.2, 0) is 15.1 Å². The first-order chi connectivity index (χ1) is 3.13. The molecule has 12 N–H and O–H groups in total. The van der Waals surface area contributed by atoms with Gasteiger partial charge in [0.2, 0.25) is 0 Å². The molecule has 11 heavy (non-hydrogen) atoms. The van der Waals surface area contributed by atoms with Crippen LogP contribution >= 0.6 is 0 Å². The van der Waals surface area contributed by atoms with E-state index in [1.165, 1.54) is 0 Å². The Hall–Kier alpha value is -0.854. The van der Waals surface area contributed by atoms with E-state index in [-0.39, 0.29) is 24.6 Å². The van der Waals surface area contributed by atoms with Crippen molar-refractivity contribution in [3.05, 3.63) is 20.2 Å². The minimum atomic E-state index is -1.03. The zero-order valence-corrected chi connectivity index (χ0v) is 6.73. The molecular weight excluding hydrogens is 207 g/mol. The molecule has 0 rings (SSSR count). The third-order valence-electron chi connectivity index (χ3n) is 0.109. The summed E-state index contributed by atoms with van der Waals surface area (Å²) in [6, 6.07) is 0. The van der Waals surface area contributed by atoms with Crippen molar-refractivity contribution in [2.24, 2.45) is 0 Å². The van der Waals surface area contributed by atoms with Gasteiger partial charge in [0.05, 0.1) is 0 Å². The van der Waals surface area contributed by atoms with Gasteiger partial charge >= 0.3 is 43.3 Å². The summed E-state index contributed by atoms with van der Waals surface area (Å²) in [5.41, 5.74) is 0. The van der Waals surface area contributed by atoms with Gasteiger partial charge in [-0.1, -0.05) is 0 Å². The van der Waals surface area contributed by atoms with Gasteiger partial charge in [0, 0.05) is 0 Å². The molecule has 0 saturated heterocycles. The maximum atomic E-state index is 9.16. The first kappa shape index (κ1) is 32.0. The van der Waals surface area contributed by atoms with Crippen LogP contribution in [0.1, 0.15) is 0 Å². The molecule has 75 valence electrons. The zero-order valence-electron chi connectivity index (χ0n) is 5.69. The van der Waals surface area contributed by atoms with Gasteiger partial charge in [-0.25, -0.2) is 0 Å². The van der Waals surface area contributed by atoms with Crippen LogP contribution in [-0.4, -0.2) is 7.94 Å². The van der Waals surface area contributed by atoms with E-state index in [2.05, 4.69) is 0 Å². The molecule has 0 saturated carbocycles. The molecule has 0 aliphatic heterocycles. The topological polar surface area (TPSA) is 226 Å². The average Bonchev–Trinajstić information content (AvgIpc) is 1.27. The van der Waals surface area contributed by atoms with Crippen molar-refractivity contribution in [1.82, 2.24) is 24.6 Å². The quantitative estimate of drug-likeness (QED) is 0.366. The van der Waals surface area contributed by atoms with Crippen molar-refractivity contribution in [1.29, 1.82) is 0 Å². The van der Waals surface area contributed by atoms with E-state index in [0.29, 0.717) is 0 Å². The van der Waals surface area contributed by atoms with E-state index in [1.54, 1.807) is 0 Å². The molecule has 0 aromatic heterocycles. The Balaban J connectivity index is -0.0000000300. The second-order valence-electron chi connectivity index (χ2n) is 0.459. The summed E-state index contributed by atoms with van der Waals surface area (Å²) < 4.78 is -2.06. The Labute approximate surface area is 68.7 Å². The van der Waals surface area contributed by atoms with Crippen molar-refractivity contribution in [3.63, 3.8) is 0 Å². The molecule has 0 heterocycles. The fourth-order valence-electron chi connectivity index (χ4n) is 0.0444. The van der Waals surface area contributed by atoms with Gasteiger partial charge in [0.15, 0.2) is 0 Å². The number of nitro groups is 2. The van der Waals surface area contributed by atoms with Crippen LogP contribution in [0.3, 0.4) is 0 Å². The van der Waals surface area contributed by atoms with Crippen LogP contribution in [0, 0.1) is 20.2 Å². The second kappa shape index (κ2) is 16.1. The number of nitrogens with zero attached hydrogens (tertiary/aromatic N) is 2. The van der Waals surface area contributed by atoms with Gasteiger partial charge in [-0.05, 0) is 0 Å². The summed E-state index contributed by atoms with van der Waals surface area (Å²) in [5, 5.41) is 18.3. The summed E-state index contributed by atoms with van der Waals surface area (Å²) >= 11 is -0.951. The maximum absolute atomic E-state index is 9.16. The molecule has 0 amide bonds. The molecule has 0 aliphatic carbocycles. The Morgan fingerprint density at radius 1 is 0.818 bits per heavy atom. The predicted molar refractivity (Wildman–Crippen MR) is 34.1 cm³/mol. The SMILES string of the molecule is N.N.N.N.O=[N+]([O-])[Co][N+](=O)[O-]. The first-order valence-corrected chi connectivity index (χ1v) is 1.96. The Morgan fingerprint density at radius 2 is 1.00 bits per heavy atom. The van der Waals surface area contributed by atoms with E-state index >= 15 is 0 Å². The van der Waals surface area contributed by atoms with E-state index in [1.807, 2.05) is 0 Å². The molecule has 11 heteroatoms. The van der Waals surface area contributed by atoms with Crippen molar-refractivity contribution in [2.75, 3.05) is 0 Å². The van der Waals surface area contributed by atoms with Gasteiger partial charge in [0.25, 0.3) is 0 Å². The normalized spacial score (nSPS) is 5.45. The molecule has 0 spiro atoms. The molecule has 0 aromatic carbocycles. The van der Waals surface area contributed by atoms with Crippen LogP contribution in [0.2, 0.25) is 0 Å². The Kier molecular flexibility index (Phi) is 46.8. The molecule has 0 aromatic rings. The van der Waals surface area contributed by atoms with E-state index in [9.17, 15) is 0 Å². The van der Waals surface area contributed by atoms with Crippen LogP contribution in [0.5, 0.6) is 0 Å². The molecule has 0 unspecified atom stereocenters. The minimum absolute atomic E-state index is 0. The van der Waals surface area contributed by atoms with Crippen molar-refractivity contribution in [3.8, 4) is 0 Å². The molecule has 0 atom stereocenters. The van der Waals surface area contributed by atoms with E-state index < -0.39 is 23.1 Å². The zero-order chi connectivity index (χ0) is 5.86. The summed E-state index contributed by atoms with van der Waals surface area (Å²) in [5.74, 6) is 0. The summed E-state index contributed by atoms with van der Waals surface area (Å²) in [4.78, 5) is 18.3. The third kappa shape index (κ3) is 47.2. The predicted octanol–water partition coefficient (Wildman–Crippen LogP) is 0.100. The van der Waals surface area contributed by atoms with Crippen molar-refractivity contribution < 1.29 is 23.1 Å². The van der Waals surface area contributed by atoms with Gasteiger partial charge in [-0.3, -0.25) is 0 Å². The van der Waals surface area contributed by atoms with Crippen LogP contribution in [0.25, 0.3) is 0 Å². The van der Waals surface area contributed by atoms with E-state index in [4.69, 9.17) is 20.2 Å². The van der Waals surface area contributed by atoms with Crippen LogP contribution < -0.4 is 24.6 Å². The monoisotopic (exact) mass is 219 g/mol. The molecule has 0 bridgehead atoms. The average molecular weight is 219 g/mol. The molecule has 10 nitrogen and oxygen atoms in total. The first-order valence-electron chi connectivity index (χ1n) is 1.03. The fraction of sp³-hybridized carbons (Fsp3) is 0. The van der Waals surface area contributed by atoms with Crippen LogP contribution in [0.4, 0.5) is 0 Å². The van der Waals surface area contributed by atoms with Gasteiger partial charge in [-0.15, -0.1) is 0 Å². The summed E-state index contributed by atoms with van der Waals surface area (Å²) in [6.45, 7) is 0. The van der Waals surface area contributed by atoms with Crippen LogP contribution in [0.15, 0.2) is 0 Å². The number of rotatable bonds is 2. The van der Waals surface area contributed by atoms with Crippen molar-refractivity contribution in [2.45, 2.75) is 0 Å². The molecule has 0 fully saturated rings. The molecule has 0 radical (unpaired) electrons. The van der Waals surface area contributed by atoms with Crippen molar-refractivity contribution >= 4 is 0 Å². The third-order valence-corrected chi connectivity index (χ3v) is 0.449. The summed E-state index contributed by atoms with van der Waals surface area (Å²) in [7, 11) is 0. The second-order valence-corrected chi connectivity index (χ2v) is 1.43. The molecule has 0 aliphatic rings. The number of hydrogen-bond donors (Lipinski definition) is 4. The van der Waals surface area contributed by atoms with Gasteiger partial charge < -0.3 is 24.6 Å².